The summed E-state index contributed by atoms with van der Waals surface area (Å²) < 4.78 is 11.3. The lowest BCUT2D eigenvalue weighted by atomic mass is 10.0. The third kappa shape index (κ3) is 5.96. The van der Waals surface area contributed by atoms with E-state index in [1.165, 1.54) is 6.42 Å². The van der Waals surface area contributed by atoms with Crippen LogP contribution in [0.15, 0.2) is 24.3 Å². The van der Waals surface area contributed by atoms with E-state index in [2.05, 4.69) is 10.6 Å². The van der Waals surface area contributed by atoms with Gasteiger partial charge in [0.15, 0.2) is 0 Å². The monoisotopic (exact) mass is 354 g/mol. The van der Waals surface area contributed by atoms with E-state index in [9.17, 15) is 4.79 Å². The highest BCUT2D eigenvalue weighted by Crippen LogP contribution is 2.20. The van der Waals surface area contributed by atoms with Crippen LogP contribution in [0, 0.1) is 5.92 Å². The maximum Gasteiger partial charge on any atom is 0.224 e. The van der Waals surface area contributed by atoms with Gasteiger partial charge in [0.1, 0.15) is 12.4 Å². The van der Waals surface area contributed by atoms with E-state index in [-0.39, 0.29) is 24.4 Å². The van der Waals surface area contributed by atoms with Crippen molar-refractivity contribution >= 4 is 24.0 Å². The summed E-state index contributed by atoms with van der Waals surface area (Å²) in [6.45, 7) is 3.53. The minimum Gasteiger partial charge on any atom is -0.491 e. The van der Waals surface area contributed by atoms with Crippen molar-refractivity contribution in [2.75, 3.05) is 31.6 Å². The summed E-state index contributed by atoms with van der Waals surface area (Å²) in [5, 5.41) is 6.30. The molecule has 1 aromatic carbocycles. The van der Waals surface area contributed by atoms with E-state index in [4.69, 9.17) is 9.47 Å². The van der Waals surface area contributed by atoms with Gasteiger partial charge in [0.2, 0.25) is 5.91 Å². The average molecular weight is 355 g/mol. The van der Waals surface area contributed by atoms with Crippen LogP contribution >= 0.6 is 12.4 Å². The molecule has 2 N–H and O–H groups in total. The molecule has 2 saturated heterocycles. The molecule has 2 fully saturated rings. The summed E-state index contributed by atoms with van der Waals surface area (Å²) in [6, 6.07) is 7.59. The van der Waals surface area contributed by atoms with Gasteiger partial charge in [0.25, 0.3) is 0 Å². The van der Waals surface area contributed by atoms with Crippen LogP contribution in [0.5, 0.6) is 5.75 Å². The van der Waals surface area contributed by atoms with Crippen molar-refractivity contribution in [2.24, 2.45) is 5.92 Å². The highest BCUT2D eigenvalue weighted by molar-refractivity contribution is 5.90. The van der Waals surface area contributed by atoms with E-state index >= 15 is 0 Å². The number of carbonyl (C=O) groups excluding carboxylic acids is 1. The van der Waals surface area contributed by atoms with Gasteiger partial charge in [-0.1, -0.05) is 6.07 Å². The van der Waals surface area contributed by atoms with Crippen molar-refractivity contribution in [2.45, 2.75) is 38.2 Å². The lowest BCUT2D eigenvalue weighted by molar-refractivity contribution is -0.116. The first-order valence-electron chi connectivity index (χ1n) is 8.64. The van der Waals surface area contributed by atoms with Crippen molar-refractivity contribution in [3.63, 3.8) is 0 Å². The number of halogens is 1. The van der Waals surface area contributed by atoms with Crippen molar-refractivity contribution in [1.82, 2.24) is 5.32 Å². The van der Waals surface area contributed by atoms with Crippen LogP contribution in [0.2, 0.25) is 0 Å². The molecule has 134 valence electrons. The summed E-state index contributed by atoms with van der Waals surface area (Å²) in [6.07, 6.45) is 5.09. The fourth-order valence-corrected chi connectivity index (χ4v) is 3.15. The van der Waals surface area contributed by atoms with Crippen molar-refractivity contribution in [1.29, 1.82) is 0 Å². The number of anilines is 1. The summed E-state index contributed by atoms with van der Waals surface area (Å²) in [4.78, 5) is 12.1. The molecule has 2 atom stereocenters. The minimum atomic E-state index is 0. The van der Waals surface area contributed by atoms with Gasteiger partial charge in [-0.05, 0) is 56.8 Å². The molecule has 2 aliphatic rings. The SMILES string of the molecule is Cl.O=C(CCC1CCNC1)Nc1cccc(OCC2CCCO2)c1. The molecule has 2 unspecified atom stereocenters. The summed E-state index contributed by atoms with van der Waals surface area (Å²) in [5.41, 5.74) is 0.796. The number of ether oxygens (including phenoxy) is 2. The maximum atomic E-state index is 12.1. The third-order valence-corrected chi connectivity index (χ3v) is 4.52. The average Bonchev–Trinajstić information content (AvgIpc) is 3.25. The number of carbonyl (C=O) groups is 1. The molecule has 2 aliphatic heterocycles. The van der Waals surface area contributed by atoms with Gasteiger partial charge in [-0.3, -0.25) is 4.79 Å². The molecule has 0 saturated carbocycles. The number of amides is 1. The maximum absolute atomic E-state index is 12.1. The standard InChI is InChI=1S/C18H26N2O3.ClH/c21-18(7-6-14-8-9-19-12-14)20-15-3-1-4-16(11-15)23-13-17-5-2-10-22-17;/h1,3-4,11,14,17,19H,2,5-10,12-13H2,(H,20,21);1H. The fourth-order valence-electron chi connectivity index (χ4n) is 3.15. The lowest BCUT2D eigenvalue weighted by Gasteiger charge is -2.13. The number of nitrogens with one attached hydrogen (secondary N) is 2. The van der Waals surface area contributed by atoms with Crippen LogP contribution in [0.3, 0.4) is 0 Å². The first kappa shape index (κ1) is 19.0. The summed E-state index contributed by atoms with van der Waals surface area (Å²) in [7, 11) is 0. The van der Waals surface area contributed by atoms with Gasteiger partial charge >= 0.3 is 0 Å². The molecule has 1 amide bonds. The van der Waals surface area contributed by atoms with Gasteiger partial charge in [0, 0.05) is 24.8 Å². The lowest BCUT2D eigenvalue weighted by Crippen LogP contribution is -2.17. The first-order chi connectivity index (χ1) is 11.3. The minimum absolute atomic E-state index is 0. The van der Waals surface area contributed by atoms with Crippen LogP contribution < -0.4 is 15.4 Å². The van der Waals surface area contributed by atoms with Gasteiger partial charge < -0.3 is 20.1 Å². The molecule has 0 aromatic heterocycles. The number of hydrogen-bond donors (Lipinski definition) is 2. The van der Waals surface area contributed by atoms with E-state index in [0.717, 1.165) is 50.4 Å². The van der Waals surface area contributed by atoms with Crippen molar-refractivity contribution in [3.05, 3.63) is 24.3 Å². The molecule has 1 aromatic rings. The molecule has 0 aliphatic carbocycles. The normalized spacial score (nSPS) is 22.8. The molecule has 24 heavy (non-hydrogen) atoms. The Morgan fingerprint density at radius 1 is 1.38 bits per heavy atom. The topological polar surface area (TPSA) is 59.6 Å². The second-order valence-electron chi connectivity index (χ2n) is 6.42. The molecular formula is C18H27ClN2O3. The molecule has 3 rings (SSSR count). The Hall–Kier alpha value is -1.30. The Bertz CT molecular complexity index is 515. The van der Waals surface area contributed by atoms with Crippen molar-refractivity contribution in [3.8, 4) is 5.75 Å². The van der Waals surface area contributed by atoms with Crippen LogP contribution in [-0.4, -0.2) is 38.3 Å². The second-order valence-corrected chi connectivity index (χ2v) is 6.42. The zero-order chi connectivity index (χ0) is 15.9. The van der Waals surface area contributed by atoms with E-state index < -0.39 is 0 Å². The highest BCUT2D eigenvalue weighted by Gasteiger charge is 2.17. The Morgan fingerprint density at radius 2 is 2.29 bits per heavy atom. The van der Waals surface area contributed by atoms with Crippen LogP contribution in [0.25, 0.3) is 0 Å². The third-order valence-electron chi connectivity index (χ3n) is 4.52. The van der Waals surface area contributed by atoms with Crippen LogP contribution in [0.1, 0.15) is 32.1 Å². The zero-order valence-corrected chi connectivity index (χ0v) is 14.8. The molecule has 5 nitrogen and oxygen atoms in total. The van der Waals surface area contributed by atoms with E-state index in [0.29, 0.717) is 18.9 Å². The first-order valence-corrected chi connectivity index (χ1v) is 8.64. The Labute approximate surface area is 149 Å². The number of benzene rings is 1. The second kappa shape index (κ2) is 9.87. The molecular weight excluding hydrogens is 328 g/mol. The zero-order valence-electron chi connectivity index (χ0n) is 14.0. The number of rotatable bonds is 7. The van der Waals surface area contributed by atoms with Crippen LogP contribution in [0.4, 0.5) is 5.69 Å². The Balaban J connectivity index is 0.00000208. The van der Waals surface area contributed by atoms with Gasteiger partial charge in [-0.15, -0.1) is 12.4 Å². The molecule has 0 bridgehead atoms. The van der Waals surface area contributed by atoms with Gasteiger partial charge in [-0.2, -0.15) is 0 Å². The van der Waals surface area contributed by atoms with Crippen LogP contribution in [-0.2, 0) is 9.53 Å². The molecule has 6 heteroatoms. The largest absolute Gasteiger partial charge is 0.491 e. The molecule has 2 heterocycles. The smallest absolute Gasteiger partial charge is 0.224 e. The van der Waals surface area contributed by atoms with Crippen molar-refractivity contribution < 1.29 is 14.3 Å². The Morgan fingerprint density at radius 3 is 3.04 bits per heavy atom. The predicted octanol–water partition coefficient (Wildman–Crippen LogP) is 2.99. The molecule has 0 spiro atoms. The quantitative estimate of drug-likeness (QED) is 0.790. The molecule has 0 radical (unpaired) electrons. The summed E-state index contributed by atoms with van der Waals surface area (Å²) in [5.74, 6) is 1.49. The predicted molar refractivity (Wildman–Crippen MR) is 97.0 cm³/mol. The van der Waals surface area contributed by atoms with E-state index in [1.54, 1.807) is 0 Å². The fraction of sp³-hybridized carbons (Fsp3) is 0.611. The van der Waals surface area contributed by atoms with E-state index in [1.807, 2.05) is 24.3 Å². The summed E-state index contributed by atoms with van der Waals surface area (Å²) >= 11 is 0. The Kier molecular flexibility index (Phi) is 7.82. The number of hydrogen-bond acceptors (Lipinski definition) is 4. The van der Waals surface area contributed by atoms with Gasteiger partial charge in [-0.25, -0.2) is 0 Å². The van der Waals surface area contributed by atoms with Gasteiger partial charge in [0.05, 0.1) is 6.10 Å². The highest BCUT2D eigenvalue weighted by atomic mass is 35.5.